The molecule has 20 heavy (non-hydrogen) atoms. The highest BCUT2D eigenvalue weighted by atomic mass is 16.2. The molecule has 1 rings (SSSR count). The van der Waals surface area contributed by atoms with Gasteiger partial charge in [-0.3, -0.25) is 9.59 Å². The van der Waals surface area contributed by atoms with Gasteiger partial charge in [-0.25, -0.2) is 0 Å². The quantitative estimate of drug-likeness (QED) is 0.740. The lowest BCUT2D eigenvalue weighted by Gasteiger charge is -2.15. The van der Waals surface area contributed by atoms with Crippen molar-refractivity contribution in [2.24, 2.45) is 5.92 Å². The number of carbonyl (C=O) groups is 2. The van der Waals surface area contributed by atoms with Crippen LogP contribution in [0.5, 0.6) is 0 Å². The summed E-state index contributed by atoms with van der Waals surface area (Å²) in [5.74, 6) is -0.456. The molecular formula is C15H23N3O2. The molecule has 2 amide bonds. The summed E-state index contributed by atoms with van der Waals surface area (Å²) in [6.07, 6.45) is 0. The third kappa shape index (κ3) is 4.66. The summed E-state index contributed by atoms with van der Waals surface area (Å²) in [6, 6.07) is 7.07. The van der Waals surface area contributed by atoms with E-state index in [0.717, 1.165) is 0 Å². The molecule has 0 aliphatic carbocycles. The Morgan fingerprint density at radius 3 is 2.40 bits per heavy atom. The van der Waals surface area contributed by atoms with E-state index in [1.807, 2.05) is 20.8 Å². The van der Waals surface area contributed by atoms with Crippen LogP contribution < -0.4 is 16.0 Å². The number of carbonyl (C=O) groups excluding carboxylic acids is 2. The van der Waals surface area contributed by atoms with Gasteiger partial charge in [-0.2, -0.15) is 0 Å². The van der Waals surface area contributed by atoms with E-state index in [-0.39, 0.29) is 23.8 Å². The zero-order valence-electron chi connectivity index (χ0n) is 12.5. The Morgan fingerprint density at radius 2 is 1.80 bits per heavy atom. The molecule has 1 aromatic carbocycles. The molecule has 0 fully saturated rings. The first-order valence-electron chi connectivity index (χ1n) is 6.81. The van der Waals surface area contributed by atoms with Gasteiger partial charge in [0.2, 0.25) is 5.91 Å². The second-order valence-corrected chi connectivity index (χ2v) is 5.12. The molecule has 0 heterocycles. The van der Waals surface area contributed by atoms with Crippen LogP contribution in [0, 0.1) is 5.92 Å². The van der Waals surface area contributed by atoms with E-state index in [9.17, 15) is 9.59 Å². The molecule has 1 atom stereocenters. The highest BCUT2D eigenvalue weighted by Gasteiger charge is 2.16. The van der Waals surface area contributed by atoms with Gasteiger partial charge in [0.25, 0.3) is 5.91 Å². The van der Waals surface area contributed by atoms with Crippen molar-refractivity contribution in [3.63, 3.8) is 0 Å². The first kappa shape index (κ1) is 16.2. The number of para-hydroxylation sites is 1. The zero-order valence-corrected chi connectivity index (χ0v) is 12.5. The lowest BCUT2D eigenvalue weighted by Crippen LogP contribution is -2.32. The van der Waals surface area contributed by atoms with Gasteiger partial charge >= 0.3 is 0 Å². The van der Waals surface area contributed by atoms with E-state index in [0.29, 0.717) is 17.8 Å². The Balaban J connectivity index is 2.85. The molecule has 0 aliphatic heterocycles. The third-order valence-corrected chi connectivity index (χ3v) is 2.81. The number of nitrogens with one attached hydrogen (secondary N) is 3. The van der Waals surface area contributed by atoms with Crippen molar-refractivity contribution >= 4 is 17.5 Å². The van der Waals surface area contributed by atoms with E-state index in [4.69, 9.17) is 0 Å². The van der Waals surface area contributed by atoms with Gasteiger partial charge in [0.1, 0.15) is 0 Å². The smallest absolute Gasteiger partial charge is 0.253 e. The highest BCUT2D eigenvalue weighted by Crippen LogP contribution is 2.16. The van der Waals surface area contributed by atoms with Crippen LogP contribution in [0.3, 0.4) is 0 Å². The first-order valence-corrected chi connectivity index (χ1v) is 6.81. The van der Waals surface area contributed by atoms with Crippen LogP contribution >= 0.6 is 0 Å². The van der Waals surface area contributed by atoms with Gasteiger partial charge < -0.3 is 16.0 Å². The Labute approximate surface area is 120 Å². The average Bonchev–Trinajstić information content (AvgIpc) is 2.38. The van der Waals surface area contributed by atoms with Gasteiger partial charge in [0.05, 0.1) is 11.3 Å². The Kier molecular flexibility index (Phi) is 6.18. The van der Waals surface area contributed by atoms with Crippen molar-refractivity contribution in [3.05, 3.63) is 29.8 Å². The SMILES string of the molecule is CNCC(C)C(=O)Nc1ccccc1C(=O)NC(C)C. The molecule has 0 aromatic heterocycles. The van der Waals surface area contributed by atoms with E-state index in [1.54, 1.807) is 31.3 Å². The minimum Gasteiger partial charge on any atom is -0.350 e. The molecule has 0 aliphatic rings. The predicted octanol–water partition coefficient (Wildman–Crippen LogP) is 1.62. The van der Waals surface area contributed by atoms with Crippen LogP contribution in [0.4, 0.5) is 5.69 Å². The second-order valence-electron chi connectivity index (χ2n) is 5.12. The topological polar surface area (TPSA) is 70.2 Å². The summed E-state index contributed by atoms with van der Waals surface area (Å²) >= 11 is 0. The Morgan fingerprint density at radius 1 is 1.15 bits per heavy atom. The molecule has 0 saturated carbocycles. The van der Waals surface area contributed by atoms with Crippen LogP contribution in [-0.4, -0.2) is 31.4 Å². The largest absolute Gasteiger partial charge is 0.350 e. The summed E-state index contributed by atoms with van der Waals surface area (Å²) in [4.78, 5) is 24.1. The maximum atomic E-state index is 12.1. The van der Waals surface area contributed by atoms with Gasteiger partial charge in [0, 0.05) is 18.5 Å². The second kappa shape index (κ2) is 7.65. The van der Waals surface area contributed by atoms with E-state index in [2.05, 4.69) is 16.0 Å². The van der Waals surface area contributed by atoms with Crippen LogP contribution in [0.1, 0.15) is 31.1 Å². The van der Waals surface area contributed by atoms with Gasteiger partial charge in [-0.15, -0.1) is 0 Å². The Hall–Kier alpha value is -1.88. The summed E-state index contributed by atoms with van der Waals surface area (Å²) in [7, 11) is 1.80. The molecular weight excluding hydrogens is 254 g/mol. The standard InChI is InChI=1S/C15H23N3O2/c1-10(2)17-15(20)12-7-5-6-8-13(12)18-14(19)11(3)9-16-4/h5-8,10-11,16H,9H2,1-4H3,(H,17,20)(H,18,19). The highest BCUT2D eigenvalue weighted by molar-refractivity contribution is 6.04. The molecule has 0 spiro atoms. The number of rotatable bonds is 6. The fourth-order valence-corrected chi connectivity index (χ4v) is 1.78. The van der Waals surface area contributed by atoms with E-state index < -0.39 is 0 Å². The zero-order chi connectivity index (χ0) is 15.1. The van der Waals surface area contributed by atoms with Crippen molar-refractivity contribution in [2.75, 3.05) is 18.9 Å². The lowest BCUT2D eigenvalue weighted by molar-refractivity contribution is -0.119. The maximum absolute atomic E-state index is 12.1. The summed E-state index contributed by atoms with van der Waals surface area (Å²) < 4.78 is 0. The molecule has 0 bridgehead atoms. The minimum absolute atomic E-state index is 0.0504. The van der Waals surface area contributed by atoms with Crippen LogP contribution in [0.2, 0.25) is 0 Å². The van der Waals surface area contributed by atoms with Crippen LogP contribution in [0.15, 0.2) is 24.3 Å². The molecule has 5 heteroatoms. The van der Waals surface area contributed by atoms with Crippen molar-refractivity contribution in [1.29, 1.82) is 0 Å². The Bertz CT molecular complexity index is 472. The first-order chi connectivity index (χ1) is 9.45. The fraction of sp³-hybridized carbons (Fsp3) is 0.467. The van der Waals surface area contributed by atoms with Crippen LogP contribution in [-0.2, 0) is 4.79 Å². The molecule has 1 aromatic rings. The lowest BCUT2D eigenvalue weighted by atomic mass is 10.1. The number of hydrogen-bond acceptors (Lipinski definition) is 3. The molecule has 0 saturated heterocycles. The number of anilines is 1. The molecule has 5 nitrogen and oxygen atoms in total. The number of amides is 2. The fourth-order valence-electron chi connectivity index (χ4n) is 1.78. The predicted molar refractivity (Wildman–Crippen MR) is 80.8 cm³/mol. The number of benzene rings is 1. The summed E-state index contributed by atoms with van der Waals surface area (Å²) in [5, 5.41) is 8.59. The van der Waals surface area contributed by atoms with Crippen molar-refractivity contribution in [2.45, 2.75) is 26.8 Å². The van der Waals surface area contributed by atoms with Crippen LogP contribution in [0.25, 0.3) is 0 Å². The molecule has 0 radical (unpaired) electrons. The average molecular weight is 277 g/mol. The van der Waals surface area contributed by atoms with Gasteiger partial charge in [0.15, 0.2) is 0 Å². The summed E-state index contributed by atoms with van der Waals surface area (Å²) in [5.41, 5.74) is 1.02. The van der Waals surface area contributed by atoms with Crippen molar-refractivity contribution < 1.29 is 9.59 Å². The monoisotopic (exact) mass is 277 g/mol. The molecule has 3 N–H and O–H groups in total. The molecule has 110 valence electrons. The normalized spacial score (nSPS) is 12.1. The minimum atomic E-state index is -0.183. The van der Waals surface area contributed by atoms with E-state index >= 15 is 0 Å². The van der Waals surface area contributed by atoms with E-state index in [1.165, 1.54) is 0 Å². The van der Waals surface area contributed by atoms with Crippen molar-refractivity contribution in [3.8, 4) is 0 Å². The maximum Gasteiger partial charge on any atom is 0.253 e. The number of hydrogen-bond donors (Lipinski definition) is 3. The van der Waals surface area contributed by atoms with Crippen molar-refractivity contribution in [1.82, 2.24) is 10.6 Å². The van der Waals surface area contributed by atoms with Gasteiger partial charge in [-0.05, 0) is 33.0 Å². The third-order valence-electron chi connectivity index (χ3n) is 2.81. The summed E-state index contributed by atoms with van der Waals surface area (Å²) in [6.45, 7) is 6.22. The van der Waals surface area contributed by atoms with Gasteiger partial charge in [-0.1, -0.05) is 19.1 Å². The molecule has 1 unspecified atom stereocenters.